The van der Waals surface area contributed by atoms with Gasteiger partial charge in [0.1, 0.15) is 5.82 Å². The van der Waals surface area contributed by atoms with E-state index in [0.717, 1.165) is 38.3 Å². The third kappa shape index (κ3) is 4.03. The molecule has 2 heterocycles. The molecule has 0 atom stereocenters. The summed E-state index contributed by atoms with van der Waals surface area (Å²) in [6.07, 6.45) is 0.999. The summed E-state index contributed by atoms with van der Waals surface area (Å²) >= 11 is 5.71. The molecule has 26 heavy (non-hydrogen) atoms. The zero-order valence-corrected chi connectivity index (χ0v) is 16.3. The molecule has 0 aromatic heterocycles. The van der Waals surface area contributed by atoms with E-state index in [1.807, 2.05) is 11.9 Å². The van der Waals surface area contributed by atoms with Crippen LogP contribution in [0.2, 0.25) is 5.02 Å². The van der Waals surface area contributed by atoms with Gasteiger partial charge < -0.3 is 9.80 Å². The number of likely N-dealkylation sites (N-methyl/N-ethyl adjacent to an activating group) is 1. The number of rotatable bonds is 3. The molecule has 9 heteroatoms. The Morgan fingerprint density at radius 3 is 2.31 bits per heavy atom. The first-order valence-electron chi connectivity index (χ1n) is 8.71. The largest absolute Gasteiger partial charge is 0.340 e. The summed E-state index contributed by atoms with van der Waals surface area (Å²) in [7, 11) is -1.70. The van der Waals surface area contributed by atoms with Gasteiger partial charge in [-0.2, -0.15) is 4.31 Å². The van der Waals surface area contributed by atoms with E-state index in [4.69, 9.17) is 11.6 Å². The van der Waals surface area contributed by atoms with Crippen molar-refractivity contribution in [2.24, 2.45) is 5.92 Å². The van der Waals surface area contributed by atoms with Gasteiger partial charge in [-0.25, -0.2) is 12.8 Å². The molecule has 0 aliphatic carbocycles. The van der Waals surface area contributed by atoms with Crippen LogP contribution in [-0.2, 0) is 14.8 Å². The first-order valence-corrected chi connectivity index (χ1v) is 10.5. The van der Waals surface area contributed by atoms with Crippen LogP contribution in [0.3, 0.4) is 0 Å². The average molecular weight is 404 g/mol. The van der Waals surface area contributed by atoms with Crippen LogP contribution < -0.4 is 0 Å². The molecule has 1 amide bonds. The number of amides is 1. The van der Waals surface area contributed by atoms with Crippen LogP contribution in [0.4, 0.5) is 4.39 Å². The standard InChI is InChI=1S/C17H23ClFN3O3S/c1-20-8-10-21(11-9-20)17(23)13-4-6-22(7-5-13)26(24,25)14-2-3-16(19)15(18)12-14/h2-3,12-13H,4-11H2,1H3. The predicted octanol–water partition coefficient (Wildman–Crippen LogP) is 1.65. The van der Waals surface area contributed by atoms with Crippen molar-refractivity contribution in [1.82, 2.24) is 14.1 Å². The second-order valence-corrected chi connectivity index (χ2v) is 9.23. The lowest BCUT2D eigenvalue weighted by atomic mass is 9.96. The Labute approximate surface area is 158 Å². The fraction of sp³-hybridized carbons (Fsp3) is 0.588. The quantitative estimate of drug-likeness (QED) is 0.770. The molecule has 0 spiro atoms. The maximum Gasteiger partial charge on any atom is 0.243 e. The number of hydrogen-bond donors (Lipinski definition) is 0. The fourth-order valence-electron chi connectivity index (χ4n) is 3.41. The van der Waals surface area contributed by atoms with E-state index in [1.54, 1.807) is 0 Å². The first kappa shape index (κ1) is 19.5. The molecule has 1 aromatic rings. The molecule has 0 radical (unpaired) electrons. The number of piperazine rings is 1. The highest BCUT2D eigenvalue weighted by molar-refractivity contribution is 7.89. The summed E-state index contributed by atoms with van der Waals surface area (Å²) in [5, 5.41) is -0.216. The van der Waals surface area contributed by atoms with Crippen molar-refractivity contribution in [3.63, 3.8) is 0 Å². The van der Waals surface area contributed by atoms with Crippen molar-refractivity contribution in [2.45, 2.75) is 17.7 Å². The summed E-state index contributed by atoms with van der Waals surface area (Å²) in [4.78, 5) is 16.7. The van der Waals surface area contributed by atoms with Crippen LogP contribution in [0.25, 0.3) is 0 Å². The number of sulfonamides is 1. The second kappa shape index (κ2) is 7.80. The van der Waals surface area contributed by atoms with Crippen LogP contribution in [0.15, 0.2) is 23.1 Å². The molecule has 0 bridgehead atoms. The van der Waals surface area contributed by atoms with E-state index in [-0.39, 0.29) is 34.8 Å². The Hall–Kier alpha value is -1.22. The van der Waals surface area contributed by atoms with Gasteiger partial charge in [0.05, 0.1) is 9.92 Å². The number of carbonyl (C=O) groups excluding carboxylic acids is 1. The normalized spacial score (nSPS) is 21.1. The van der Waals surface area contributed by atoms with Crippen molar-refractivity contribution in [1.29, 1.82) is 0 Å². The fourth-order valence-corrected chi connectivity index (χ4v) is 5.16. The van der Waals surface area contributed by atoms with Crippen LogP contribution in [-0.4, -0.2) is 74.7 Å². The minimum atomic E-state index is -3.73. The zero-order valence-electron chi connectivity index (χ0n) is 14.7. The van der Waals surface area contributed by atoms with E-state index in [0.29, 0.717) is 12.8 Å². The average Bonchev–Trinajstić information content (AvgIpc) is 2.64. The Balaban J connectivity index is 1.62. The Bertz CT molecular complexity index is 773. The number of nitrogens with zero attached hydrogens (tertiary/aromatic N) is 3. The van der Waals surface area contributed by atoms with Gasteiger partial charge in [-0.1, -0.05) is 11.6 Å². The van der Waals surface area contributed by atoms with E-state index >= 15 is 0 Å². The molecule has 1 aromatic carbocycles. The molecule has 0 unspecified atom stereocenters. The van der Waals surface area contributed by atoms with Crippen molar-refractivity contribution in [2.75, 3.05) is 46.3 Å². The maximum absolute atomic E-state index is 13.3. The summed E-state index contributed by atoms with van der Waals surface area (Å²) in [6.45, 7) is 3.74. The maximum atomic E-state index is 13.3. The first-order chi connectivity index (χ1) is 12.3. The lowest BCUT2D eigenvalue weighted by Gasteiger charge is -2.37. The minimum absolute atomic E-state index is 0.0206. The van der Waals surface area contributed by atoms with Gasteiger partial charge in [-0.3, -0.25) is 4.79 Å². The number of benzene rings is 1. The summed E-state index contributed by atoms with van der Waals surface area (Å²) in [6, 6.07) is 3.41. The molecule has 0 saturated carbocycles. The smallest absolute Gasteiger partial charge is 0.243 e. The van der Waals surface area contributed by atoms with Crippen LogP contribution in [0.5, 0.6) is 0 Å². The third-order valence-corrected chi connectivity index (χ3v) is 7.33. The summed E-state index contributed by atoms with van der Waals surface area (Å²) < 4.78 is 40.1. The highest BCUT2D eigenvalue weighted by atomic mass is 35.5. The van der Waals surface area contributed by atoms with Crippen molar-refractivity contribution >= 4 is 27.5 Å². The number of carbonyl (C=O) groups is 1. The minimum Gasteiger partial charge on any atom is -0.340 e. The van der Waals surface area contributed by atoms with Crippen LogP contribution >= 0.6 is 11.6 Å². The molecule has 2 aliphatic rings. The third-order valence-electron chi connectivity index (χ3n) is 5.15. The van der Waals surface area contributed by atoms with Gasteiger partial charge in [0.15, 0.2) is 0 Å². The number of piperidine rings is 1. The lowest BCUT2D eigenvalue weighted by Crippen LogP contribution is -2.50. The van der Waals surface area contributed by atoms with Crippen molar-refractivity contribution < 1.29 is 17.6 Å². The lowest BCUT2D eigenvalue weighted by molar-refractivity contribution is -0.138. The Morgan fingerprint density at radius 1 is 1.12 bits per heavy atom. The molecule has 0 N–H and O–H groups in total. The van der Waals surface area contributed by atoms with Gasteiger partial charge in [-0.15, -0.1) is 0 Å². The summed E-state index contributed by atoms with van der Waals surface area (Å²) in [5.41, 5.74) is 0. The number of hydrogen-bond acceptors (Lipinski definition) is 4. The zero-order chi connectivity index (χ0) is 18.9. The monoisotopic (exact) mass is 403 g/mol. The highest BCUT2D eigenvalue weighted by Gasteiger charge is 2.34. The topological polar surface area (TPSA) is 60.9 Å². The predicted molar refractivity (Wildman–Crippen MR) is 97.0 cm³/mol. The van der Waals surface area contributed by atoms with E-state index < -0.39 is 15.8 Å². The summed E-state index contributed by atoms with van der Waals surface area (Å²) in [5.74, 6) is -0.663. The second-order valence-electron chi connectivity index (χ2n) is 6.88. The van der Waals surface area contributed by atoms with Crippen molar-refractivity contribution in [3.8, 4) is 0 Å². The molecule has 6 nitrogen and oxygen atoms in total. The van der Waals surface area contributed by atoms with E-state index in [1.165, 1.54) is 10.4 Å². The SMILES string of the molecule is CN1CCN(C(=O)C2CCN(S(=O)(=O)c3ccc(F)c(Cl)c3)CC2)CC1. The van der Waals surface area contributed by atoms with Crippen LogP contribution in [0.1, 0.15) is 12.8 Å². The van der Waals surface area contributed by atoms with Crippen molar-refractivity contribution in [3.05, 3.63) is 29.0 Å². The van der Waals surface area contributed by atoms with E-state index in [9.17, 15) is 17.6 Å². The van der Waals surface area contributed by atoms with Gasteiger partial charge in [-0.05, 0) is 38.1 Å². The molecule has 3 rings (SSSR count). The molecule has 144 valence electrons. The number of halogens is 2. The molecule has 2 saturated heterocycles. The Kier molecular flexibility index (Phi) is 5.86. The van der Waals surface area contributed by atoms with Gasteiger partial charge in [0.25, 0.3) is 0 Å². The van der Waals surface area contributed by atoms with Gasteiger partial charge in [0, 0.05) is 45.2 Å². The molecule has 2 aliphatic heterocycles. The molecular weight excluding hydrogens is 381 g/mol. The van der Waals surface area contributed by atoms with Gasteiger partial charge in [0.2, 0.25) is 15.9 Å². The van der Waals surface area contributed by atoms with Gasteiger partial charge >= 0.3 is 0 Å². The highest BCUT2D eigenvalue weighted by Crippen LogP contribution is 2.27. The Morgan fingerprint density at radius 2 is 1.73 bits per heavy atom. The van der Waals surface area contributed by atoms with Crippen LogP contribution in [0, 0.1) is 11.7 Å². The molecular formula is C17H23ClFN3O3S. The van der Waals surface area contributed by atoms with E-state index in [2.05, 4.69) is 4.90 Å². The molecule has 2 fully saturated rings.